The van der Waals surface area contributed by atoms with Crippen LogP contribution < -0.4 is 19.5 Å². The standard InChI is InChI=1S/C32H32ClF3N2O4/c1-40-26-4-2-3-21(17-26)20-38(24-8-9-24)31(39)28-19-37-14-13-27(28)22-5-10-25(11-6-22)41-15-16-42-30-12-7-23(18-29(30)33)32(34,35)36/h2-7,10-12,17-18,24,37H,8-9,13-16,19-20H2,1H3. The fourth-order valence-electron chi connectivity index (χ4n) is 4.96. The van der Waals surface area contributed by atoms with Crippen LogP contribution in [0.5, 0.6) is 17.2 Å². The van der Waals surface area contributed by atoms with E-state index in [9.17, 15) is 18.0 Å². The predicted octanol–water partition coefficient (Wildman–Crippen LogP) is 6.76. The second-order valence-corrected chi connectivity index (χ2v) is 10.7. The summed E-state index contributed by atoms with van der Waals surface area (Å²) in [4.78, 5) is 15.8. The van der Waals surface area contributed by atoms with E-state index in [0.717, 1.165) is 66.0 Å². The van der Waals surface area contributed by atoms with Crippen LogP contribution in [0, 0.1) is 0 Å². The number of benzene rings is 3. The zero-order chi connectivity index (χ0) is 29.7. The maximum absolute atomic E-state index is 13.9. The summed E-state index contributed by atoms with van der Waals surface area (Å²) in [7, 11) is 1.64. The van der Waals surface area contributed by atoms with Gasteiger partial charge in [-0.05, 0) is 85.0 Å². The van der Waals surface area contributed by atoms with Gasteiger partial charge in [0.05, 0.1) is 17.7 Å². The minimum atomic E-state index is -4.47. The maximum atomic E-state index is 13.9. The van der Waals surface area contributed by atoms with E-state index < -0.39 is 11.7 Å². The van der Waals surface area contributed by atoms with Crippen LogP contribution in [0.15, 0.2) is 72.3 Å². The Labute approximate surface area is 248 Å². The van der Waals surface area contributed by atoms with Crippen LogP contribution in [-0.4, -0.2) is 50.3 Å². The molecule has 0 radical (unpaired) electrons. The van der Waals surface area contributed by atoms with Crippen molar-refractivity contribution in [1.82, 2.24) is 10.2 Å². The number of rotatable bonds is 11. The SMILES string of the molecule is COc1cccc(CN(C(=O)C2=C(c3ccc(OCCOc4ccc(C(F)(F)F)cc4Cl)cc3)CCNC2)C2CC2)c1. The molecule has 10 heteroatoms. The van der Waals surface area contributed by atoms with Gasteiger partial charge in [-0.1, -0.05) is 35.9 Å². The van der Waals surface area contributed by atoms with Crippen LogP contribution in [-0.2, 0) is 17.5 Å². The molecule has 1 aliphatic carbocycles. The van der Waals surface area contributed by atoms with Gasteiger partial charge in [-0.15, -0.1) is 0 Å². The highest BCUT2D eigenvalue weighted by Crippen LogP contribution is 2.35. The maximum Gasteiger partial charge on any atom is 0.416 e. The highest BCUT2D eigenvalue weighted by molar-refractivity contribution is 6.32. The Morgan fingerprint density at radius 1 is 1.00 bits per heavy atom. The van der Waals surface area contributed by atoms with E-state index in [-0.39, 0.29) is 35.9 Å². The van der Waals surface area contributed by atoms with Gasteiger partial charge in [0, 0.05) is 24.7 Å². The fraction of sp³-hybridized carbons (Fsp3) is 0.344. The molecule has 3 aromatic rings. The fourth-order valence-corrected chi connectivity index (χ4v) is 5.19. The number of methoxy groups -OCH3 is 1. The lowest BCUT2D eigenvalue weighted by Crippen LogP contribution is -2.39. The lowest BCUT2D eigenvalue weighted by Gasteiger charge is -2.28. The summed E-state index contributed by atoms with van der Waals surface area (Å²) in [6.45, 7) is 2.11. The number of amides is 1. The quantitative estimate of drug-likeness (QED) is 0.246. The molecule has 0 saturated heterocycles. The lowest BCUT2D eigenvalue weighted by molar-refractivity contribution is -0.137. The number of hydrogen-bond donors (Lipinski definition) is 1. The van der Waals surface area contributed by atoms with Crippen LogP contribution in [0.3, 0.4) is 0 Å². The first-order valence-electron chi connectivity index (χ1n) is 13.8. The largest absolute Gasteiger partial charge is 0.497 e. The molecule has 0 atom stereocenters. The summed E-state index contributed by atoms with van der Waals surface area (Å²) in [6.07, 6.45) is -1.72. The van der Waals surface area contributed by atoms with Gasteiger partial charge in [-0.25, -0.2) is 0 Å². The van der Waals surface area contributed by atoms with Crippen LogP contribution in [0.2, 0.25) is 5.02 Å². The van der Waals surface area contributed by atoms with Crippen molar-refractivity contribution < 1.29 is 32.2 Å². The Hall–Kier alpha value is -3.69. The van der Waals surface area contributed by atoms with Gasteiger partial charge in [0.15, 0.2) is 0 Å². The number of carbonyl (C=O) groups is 1. The molecule has 42 heavy (non-hydrogen) atoms. The summed E-state index contributed by atoms with van der Waals surface area (Å²) in [5.74, 6) is 1.60. The van der Waals surface area contributed by atoms with E-state index in [1.807, 2.05) is 53.4 Å². The molecule has 0 bridgehead atoms. The zero-order valence-electron chi connectivity index (χ0n) is 23.2. The molecular weight excluding hydrogens is 569 g/mol. The van der Waals surface area contributed by atoms with Crippen molar-refractivity contribution >= 4 is 23.1 Å². The Kier molecular flexibility index (Phi) is 9.28. The third-order valence-electron chi connectivity index (χ3n) is 7.28. The van der Waals surface area contributed by atoms with Crippen LogP contribution in [0.4, 0.5) is 13.2 Å². The van der Waals surface area contributed by atoms with E-state index in [1.165, 1.54) is 6.07 Å². The molecule has 222 valence electrons. The molecule has 1 N–H and O–H groups in total. The summed E-state index contributed by atoms with van der Waals surface area (Å²) in [5.41, 5.74) is 2.99. The monoisotopic (exact) mass is 600 g/mol. The van der Waals surface area contributed by atoms with E-state index >= 15 is 0 Å². The van der Waals surface area contributed by atoms with Gasteiger partial charge < -0.3 is 24.4 Å². The predicted molar refractivity (Wildman–Crippen MR) is 155 cm³/mol. The van der Waals surface area contributed by atoms with Gasteiger partial charge in [-0.2, -0.15) is 13.2 Å². The van der Waals surface area contributed by atoms with Gasteiger partial charge in [0.25, 0.3) is 5.91 Å². The van der Waals surface area contributed by atoms with E-state index in [1.54, 1.807) is 7.11 Å². The molecule has 1 saturated carbocycles. The summed E-state index contributed by atoms with van der Waals surface area (Å²) >= 11 is 5.94. The second-order valence-electron chi connectivity index (χ2n) is 10.3. The molecule has 6 nitrogen and oxygen atoms in total. The molecule has 5 rings (SSSR count). The summed E-state index contributed by atoms with van der Waals surface area (Å²) < 4.78 is 55.1. The molecular formula is C32H32ClF3N2O4. The normalized spacial score (nSPS) is 15.4. The number of nitrogens with one attached hydrogen (secondary N) is 1. The first-order valence-corrected chi connectivity index (χ1v) is 14.2. The summed E-state index contributed by atoms with van der Waals surface area (Å²) in [5, 5.41) is 3.24. The Bertz CT molecular complexity index is 1440. The number of ether oxygens (including phenoxy) is 3. The highest BCUT2D eigenvalue weighted by atomic mass is 35.5. The van der Waals surface area contributed by atoms with Gasteiger partial charge in [0.2, 0.25) is 0 Å². The van der Waals surface area contributed by atoms with Crippen molar-refractivity contribution in [1.29, 1.82) is 0 Å². The van der Waals surface area contributed by atoms with Gasteiger partial charge in [-0.3, -0.25) is 4.79 Å². The van der Waals surface area contributed by atoms with E-state index in [0.29, 0.717) is 18.8 Å². The average Bonchev–Trinajstić information content (AvgIpc) is 3.84. The molecule has 0 unspecified atom stereocenters. The smallest absolute Gasteiger partial charge is 0.416 e. The minimum absolute atomic E-state index is 0.0573. The molecule has 2 aliphatic rings. The Morgan fingerprint density at radius 3 is 2.45 bits per heavy atom. The van der Waals surface area contributed by atoms with Crippen molar-refractivity contribution in [2.45, 2.75) is 38.0 Å². The first kappa shape index (κ1) is 29.8. The van der Waals surface area contributed by atoms with Crippen LogP contribution in [0.1, 0.15) is 36.0 Å². The van der Waals surface area contributed by atoms with E-state index in [2.05, 4.69) is 5.32 Å². The lowest BCUT2D eigenvalue weighted by atomic mass is 9.93. The topological polar surface area (TPSA) is 60.0 Å². The second kappa shape index (κ2) is 13.1. The molecule has 0 spiro atoms. The minimum Gasteiger partial charge on any atom is -0.497 e. The molecule has 3 aromatic carbocycles. The van der Waals surface area contributed by atoms with Crippen molar-refractivity contribution in [2.24, 2.45) is 0 Å². The zero-order valence-corrected chi connectivity index (χ0v) is 23.9. The van der Waals surface area contributed by atoms with Crippen molar-refractivity contribution in [2.75, 3.05) is 33.4 Å². The Morgan fingerprint density at radius 2 is 1.76 bits per heavy atom. The van der Waals surface area contributed by atoms with Crippen molar-refractivity contribution in [3.63, 3.8) is 0 Å². The molecule has 0 aromatic heterocycles. The van der Waals surface area contributed by atoms with Gasteiger partial charge >= 0.3 is 6.18 Å². The number of carbonyl (C=O) groups excluding carboxylic acids is 1. The average molecular weight is 601 g/mol. The number of hydrogen-bond acceptors (Lipinski definition) is 5. The molecule has 1 amide bonds. The van der Waals surface area contributed by atoms with Crippen molar-refractivity contribution in [3.8, 4) is 17.2 Å². The van der Waals surface area contributed by atoms with Crippen LogP contribution in [0.25, 0.3) is 5.57 Å². The van der Waals surface area contributed by atoms with Crippen molar-refractivity contribution in [3.05, 3.63) is 94.0 Å². The molecule has 1 fully saturated rings. The highest BCUT2D eigenvalue weighted by Gasteiger charge is 2.35. The third-order valence-corrected chi connectivity index (χ3v) is 7.58. The molecule has 1 aliphatic heterocycles. The van der Waals surface area contributed by atoms with Gasteiger partial charge in [0.1, 0.15) is 30.5 Å². The number of halogens is 4. The van der Waals surface area contributed by atoms with E-state index in [4.69, 9.17) is 25.8 Å². The third kappa shape index (κ3) is 7.38. The summed E-state index contributed by atoms with van der Waals surface area (Å²) in [6, 6.07) is 18.6. The molecule has 1 heterocycles. The number of alkyl halides is 3. The first-order chi connectivity index (χ1) is 20.2. The number of nitrogens with zero attached hydrogens (tertiary/aromatic N) is 1. The van der Waals surface area contributed by atoms with Crippen LogP contribution >= 0.6 is 11.6 Å². The Balaban J connectivity index is 1.22.